The molecule has 0 saturated heterocycles. The summed E-state index contributed by atoms with van der Waals surface area (Å²) in [6.45, 7) is 2.13. The van der Waals surface area contributed by atoms with Crippen LogP contribution >= 0.6 is 0 Å². The lowest BCUT2D eigenvalue weighted by atomic mass is 9.95. The third-order valence-electron chi connectivity index (χ3n) is 3.59. The zero-order chi connectivity index (χ0) is 12.0. The Bertz CT molecular complexity index is 511. The van der Waals surface area contributed by atoms with Crippen LogP contribution in [-0.4, -0.2) is 18.5 Å². The quantitative estimate of drug-likeness (QED) is 0.784. The number of amides is 1. The van der Waals surface area contributed by atoms with Crippen molar-refractivity contribution in [3.8, 4) is 0 Å². The highest BCUT2D eigenvalue weighted by molar-refractivity contribution is 6.12. The standard InChI is InChI=1S/C13H13NO3/c1-2-17-11(15)9-7-13(9)8-5-3-4-6-10(8)14-12(13)16/h3-6,9H,2,7H2,1H3,(H,14,16)/t9?,13-/m0/s1. The second-order valence-corrected chi connectivity index (χ2v) is 4.48. The largest absolute Gasteiger partial charge is 0.466 e. The molecule has 4 nitrogen and oxygen atoms in total. The maximum Gasteiger partial charge on any atom is 0.310 e. The number of fused-ring (bicyclic) bond motifs is 2. The summed E-state index contributed by atoms with van der Waals surface area (Å²) in [6.07, 6.45) is 0.564. The van der Waals surface area contributed by atoms with E-state index in [1.165, 1.54) is 0 Å². The van der Waals surface area contributed by atoms with Crippen LogP contribution in [0.1, 0.15) is 18.9 Å². The number of benzene rings is 1. The predicted octanol–water partition coefficient (Wildman–Crippen LogP) is 1.46. The molecule has 2 aliphatic rings. The van der Waals surface area contributed by atoms with Gasteiger partial charge in [0, 0.05) is 5.69 Å². The summed E-state index contributed by atoms with van der Waals surface area (Å²) < 4.78 is 5.00. The van der Waals surface area contributed by atoms with Crippen LogP contribution in [0.5, 0.6) is 0 Å². The van der Waals surface area contributed by atoms with Crippen molar-refractivity contribution in [3.63, 3.8) is 0 Å². The third kappa shape index (κ3) is 1.24. The molecule has 1 unspecified atom stereocenters. The van der Waals surface area contributed by atoms with Crippen molar-refractivity contribution in [1.29, 1.82) is 0 Å². The van der Waals surface area contributed by atoms with Gasteiger partial charge in [0.05, 0.1) is 17.9 Å². The Morgan fingerprint density at radius 3 is 3.06 bits per heavy atom. The SMILES string of the molecule is CCOC(=O)C1C[C@@]12C(=O)Nc1ccccc12. The molecule has 1 heterocycles. The van der Waals surface area contributed by atoms with E-state index in [0.29, 0.717) is 13.0 Å². The van der Waals surface area contributed by atoms with Crippen molar-refractivity contribution in [1.82, 2.24) is 0 Å². The van der Waals surface area contributed by atoms with E-state index >= 15 is 0 Å². The minimum atomic E-state index is -0.650. The molecule has 0 bridgehead atoms. The molecular formula is C13H13NO3. The highest BCUT2D eigenvalue weighted by atomic mass is 16.5. The summed E-state index contributed by atoms with van der Waals surface area (Å²) in [6, 6.07) is 7.54. The Balaban J connectivity index is 1.96. The van der Waals surface area contributed by atoms with E-state index in [2.05, 4.69) is 5.32 Å². The Kier molecular flexibility index (Phi) is 2.02. The van der Waals surface area contributed by atoms with Crippen molar-refractivity contribution >= 4 is 17.6 Å². The first-order valence-electron chi connectivity index (χ1n) is 5.77. The zero-order valence-electron chi connectivity index (χ0n) is 9.53. The number of anilines is 1. The summed E-state index contributed by atoms with van der Waals surface area (Å²) in [7, 11) is 0. The van der Waals surface area contributed by atoms with E-state index in [1.54, 1.807) is 6.92 Å². The summed E-state index contributed by atoms with van der Waals surface area (Å²) in [5.41, 5.74) is 1.11. The predicted molar refractivity (Wildman–Crippen MR) is 61.5 cm³/mol. The highest BCUT2D eigenvalue weighted by Gasteiger charge is 2.68. The molecule has 3 rings (SSSR count). The molecule has 1 spiro atoms. The normalized spacial score (nSPS) is 28.8. The monoisotopic (exact) mass is 231 g/mol. The van der Waals surface area contributed by atoms with Gasteiger partial charge in [0.15, 0.2) is 0 Å². The number of carbonyl (C=O) groups excluding carboxylic acids is 2. The smallest absolute Gasteiger partial charge is 0.310 e. The number of carbonyl (C=O) groups is 2. The van der Waals surface area contributed by atoms with Crippen molar-refractivity contribution in [2.75, 3.05) is 11.9 Å². The first-order chi connectivity index (χ1) is 8.20. The van der Waals surface area contributed by atoms with Crippen LogP contribution in [0.3, 0.4) is 0 Å². The van der Waals surface area contributed by atoms with E-state index in [1.807, 2.05) is 24.3 Å². The van der Waals surface area contributed by atoms with E-state index in [0.717, 1.165) is 11.3 Å². The third-order valence-corrected chi connectivity index (χ3v) is 3.59. The molecule has 1 fully saturated rings. The Hall–Kier alpha value is -1.84. The van der Waals surface area contributed by atoms with Gasteiger partial charge in [0.2, 0.25) is 5.91 Å². The van der Waals surface area contributed by atoms with Crippen molar-refractivity contribution in [3.05, 3.63) is 29.8 Å². The first kappa shape index (κ1) is 10.3. The number of hydrogen-bond acceptors (Lipinski definition) is 3. The molecule has 1 aliphatic carbocycles. The van der Waals surface area contributed by atoms with Gasteiger partial charge >= 0.3 is 5.97 Å². The fraction of sp³-hybridized carbons (Fsp3) is 0.385. The number of nitrogens with one attached hydrogen (secondary N) is 1. The minimum Gasteiger partial charge on any atom is -0.466 e. The number of rotatable bonds is 2. The van der Waals surface area contributed by atoms with E-state index in [-0.39, 0.29) is 17.8 Å². The molecule has 4 heteroatoms. The van der Waals surface area contributed by atoms with Crippen molar-refractivity contribution < 1.29 is 14.3 Å². The van der Waals surface area contributed by atoms with Gasteiger partial charge in [-0.25, -0.2) is 0 Å². The van der Waals surface area contributed by atoms with Gasteiger partial charge in [-0.1, -0.05) is 18.2 Å². The molecule has 1 N–H and O–H groups in total. The van der Waals surface area contributed by atoms with Crippen LogP contribution in [0.15, 0.2) is 24.3 Å². The van der Waals surface area contributed by atoms with Crippen LogP contribution < -0.4 is 5.32 Å². The van der Waals surface area contributed by atoms with Crippen molar-refractivity contribution in [2.45, 2.75) is 18.8 Å². The molecule has 1 aromatic carbocycles. The van der Waals surface area contributed by atoms with Crippen molar-refractivity contribution in [2.24, 2.45) is 5.92 Å². The maximum absolute atomic E-state index is 12.0. The van der Waals surface area contributed by atoms with E-state index < -0.39 is 5.41 Å². The Morgan fingerprint density at radius 2 is 2.29 bits per heavy atom. The topological polar surface area (TPSA) is 55.4 Å². The number of hydrogen-bond donors (Lipinski definition) is 1. The lowest BCUT2D eigenvalue weighted by Gasteiger charge is -2.07. The molecule has 2 atom stereocenters. The lowest BCUT2D eigenvalue weighted by Crippen LogP contribution is -2.25. The van der Waals surface area contributed by atoms with Gasteiger partial charge < -0.3 is 10.1 Å². The van der Waals surface area contributed by atoms with Crippen LogP contribution in [0.4, 0.5) is 5.69 Å². The van der Waals surface area contributed by atoms with Gasteiger partial charge in [0.25, 0.3) is 0 Å². The van der Waals surface area contributed by atoms with Crippen LogP contribution in [0.25, 0.3) is 0 Å². The Morgan fingerprint density at radius 1 is 1.53 bits per heavy atom. The average molecular weight is 231 g/mol. The second kappa shape index (κ2) is 3.32. The summed E-state index contributed by atoms with van der Waals surface area (Å²) in [5, 5.41) is 2.83. The van der Waals surface area contributed by atoms with Gasteiger partial charge in [-0.15, -0.1) is 0 Å². The van der Waals surface area contributed by atoms with Gasteiger partial charge in [-0.2, -0.15) is 0 Å². The molecule has 0 radical (unpaired) electrons. The average Bonchev–Trinajstić information content (AvgIpc) is 3.00. The fourth-order valence-corrected chi connectivity index (χ4v) is 2.68. The van der Waals surface area contributed by atoms with Crippen LogP contribution in [-0.2, 0) is 19.7 Å². The molecule has 0 aromatic heterocycles. The molecule has 17 heavy (non-hydrogen) atoms. The summed E-state index contributed by atoms with van der Waals surface area (Å²) in [4.78, 5) is 23.7. The molecule has 1 aromatic rings. The summed E-state index contributed by atoms with van der Waals surface area (Å²) in [5.74, 6) is -0.651. The number of para-hydroxylation sites is 1. The molecular weight excluding hydrogens is 218 g/mol. The zero-order valence-corrected chi connectivity index (χ0v) is 9.53. The minimum absolute atomic E-state index is 0.0725. The summed E-state index contributed by atoms with van der Waals surface area (Å²) >= 11 is 0. The lowest BCUT2D eigenvalue weighted by molar-refractivity contribution is -0.146. The second-order valence-electron chi connectivity index (χ2n) is 4.48. The highest BCUT2D eigenvalue weighted by Crippen LogP contribution is 2.60. The number of ether oxygens (including phenoxy) is 1. The van der Waals surface area contributed by atoms with Gasteiger partial charge in [0.1, 0.15) is 0 Å². The fourth-order valence-electron chi connectivity index (χ4n) is 2.68. The first-order valence-corrected chi connectivity index (χ1v) is 5.77. The maximum atomic E-state index is 12.0. The number of esters is 1. The van der Waals surface area contributed by atoms with Gasteiger partial charge in [-0.05, 0) is 25.0 Å². The molecule has 1 amide bonds. The molecule has 1 aliphatic heterocycles. The molecule has 1 saturated carbocycles. The van der Waals surface area contributed by atoms with E-state index in [4.69, 9.17) is 4.74 Å². The Labute approximate surface area is 99.0 Å². The van der Waals surface area contributed by atoms with E-state index in [9.17, 15) is 9.59 Å². The van der Waals surface area contributed by atoms with Crippen LogP contribution in [0.2, 0.25) is 0 Å². The molecule has 88 valence electrons. The van der Waals surface area contributed by atoms with Crippen LogP contribution in [0, 0.1) is 5.92 Å². The van der Waals surface area contributed by atoms with Gasteiger partial charge in [-0.3, -0.25) is 9.59 Å².